The Balaban J connectivity index is 1.59. The van der Waals surface area contributed by atoms with Gasteiger partial charge in [0.1, 0.15) is 12.0 Å². The maximum absolute atomic E-state index is 14.2. The highest BCUT2D eigenvalue weighted by atomic mass is 32.1. The number of nitrogens with zero attached hydrogens (tertiary/aromatic N) is 2. The molecule has 0 saturated heterocycles. The molecule has 0 aliphatic carbocycles. The summed E-state index contributed by atoms with van der Waals surface area (Å²) < 4.78 is 15.3. The number of alkyl halides is 1. The minimum Gasteiger partial charge on any atom is -0.387 e. The van der Waals surface area contributed by atoms with Crippen LogP contribution in [-0.2, 0) is 0 Å². The molecule has 0 radical (unpaired) electrons. The van der Waals surface area contributed by atoms with Crippen LogP contribution in [0.1, 0.15) is 41.5 Å². The van der Waals surface area contributed by atoms with E-state index >= 15 is 0 Å². The number of thiazole rings is 1. The number of benzene rings is 2. The number of halogens is 1. The first kappa shape index (κ1) is 27.0. The van der Waals surface area contributed by atoms with Gasteiger partial charge in [0.05, 0.1) is 39.1 Å². The van der Waals surface area contributed by atoms with E-state index in [9.17, 15) is 19.1 Å². The van der Waals surface area contributed by atoms with Gasteiger partial charge in [-0.05, 0) is 63.2 Å². The van der Waals surface area contributed by atoms with E-state index < -0.39 is 17.7 Å². The lowest BCUT2D eigenvalue weighted by Crippen LogP contribution is -2.42. The van der Waals surface area contributed by atoms with Crippen molar-refractivity contribution in [1.82, 2.24) is 20.6 Å². The molecule has 0 saturated carbocycles. The van der Waals surface area contributed by atoms with E-state index in [0.29, 0.717) is 29.3 Å². The Morgan fingerprint density at radius 1 is 1.00 bits per heavy atom. The summed E-state index contributed by atoms with van der Waals surface area (Å²) >= 11 is 1.53. The van der Waals surface area contributed by atoms with Gasteiger partial charge >= 0.3 is 0 Å². The number of fused-ring (bicyclic) bond motifs is 1. The van der Waals surface area contributed by atoms with Gasteiger partial charge in [-0.1, -0.05) is 0 Å². The van der Waals surface area contributed by atoms with Crippen LogP contribution in [0.3, 0.4) is 0 Å². The van der Waals surface area contributed by atoms with Crippen molar-refractivity contribution in [1.29, 1.82) is 0 Å². The van der Waals surface area contributed by atoms with Crippen LogP contribution in [0.5, 0.6) is 0 Å². The van der Waals surface area contributed by atoms with Gasteiger partial charge in [0, 0.05) is 35.7 Å². The van der Waals surface area contributed by atoms with E-state index in [1.165, 1.54) is 31.4 Å². The molecule has 1 unspecified atom stereocenters. The maximum Gasteiger partial charge on any atom is 0.255 e. The number of aromatic nitrogens is 2. The van der Waals surface area contributed by atoms with Crippen LogP contribution in [0.15, 0.2) is 60.2 Å². The molecule has 0 spiro atoms. The number of hydrogen-bond donors (Lipinski definition) is 5. The molecule has 0 bridgehead atoms. The van der Waals surface area contributed by atoms with Crippen molar-refractivity contribution in [3.05, 3.63) is 71.4 Å². The molecule has 2 aromatic heterocycles. The summed E-state index contributed by atoms with van der Waals surface area (Å²) in [6, 6.07) is 14.2. The van der Waals surface area contributed by atoms with Crippen LogP contribution in [0.25, 0.3) is 10.2 Å². The Kier molecular flexibility index (Phi) is 8.18. The first-order valence-electron chi connectivity index (χ1n) is 12.0. The highest BCUT2D eigenvalue weighted by molar-refractivity contribution is 7.16. The van der Waals surface area contributed by atoms with Crippen molar-refractivity contribution in [2.75, 3.05) is 23.7 Å². The summed E-state index contributed by atoms with van der Waals surface area (Å²) in [7, 11) is 0. The lowest BCUT2D eigenvalue weighted by Gasteiger charge is -2.22. The van der Waals surface area contributed by atoms with Crippen LogP contribution in [-0.4, -0.2) is 51.8 Å². The van der Waals surface area contributed by atoms with Gasteiger partial charge in [-0.3, -0.25) is 9.59 Å². The molecule has 2 heterocycles. The molecule has 38 heavy (non-hydrogen) atoms. The largest absolute Gasteiger partial charge is 0.387 e. The normalized spacial score (nSPS) is 12.1. The molecule has 198 valence electrons. The SMILES string of the molecule is CCNC(=O)c1ccc(Nc2cc(Nc3ccc4ncsc4c3)ncc2C(=O)NCC(F)C(C)(C)O)cc1. The number of rotatable bonds is 10. The van der Waals surface area contributed by atoms with E-state index in [-0.39, 0.29) is 18.0 Å². The lowest BCUT2D eigenvalue weighted by atomic mass is 10.0. The topological polar surface area (TPSA) is 128 Å². The van der Waals surface area contributed by atoms with Crippen LogP contribution < -0.4 is 21.3 Å². The Labute approximate surface area is 223 Å². The fourth-order valence-corrected chi connectivity index (χ4v) is 4.26. The summed E-state index contributed by atoms with van der Waals surface area (Å²) in [6.45, 7) is 4.68. The summed E-state index contributed by atoms with van der Waals surface area (Å²) in [5, 5.41) is 21.6. The van der Waals surface area contributed by atoms with Crippen molar-refractivity contribution < 1.29 is 19.1 Å². The van der Waals surface area contributed by atoms with Gasteiger partial charge in [-0.2, -0.15) is 0 Å². The predicted octanol–water partition coefficient (Wildman–Crippen LogP) is 4.77. The average Bonchev–Trinajstić information content (AvgIpc) is 3.35. The minimum absolute atomic E-state index is 0.181. The van der Waals surface area contributed by atoms with Crippen molar-refractivity contribution in [2.24, 2.45) is 0 Å². The molecule has 2 amide bonds. The zero-order valence-corrected chi connectivity index (χ0v) is 22.0. The number of anilines is 4. The maximum atomic E-state index is 14.2. The van der Waals surface area contributed by atoms with E-state index in [4.69, 9.17) is 0 Å². The second kappa shape index (κ2) is 11.5. The number of hydrogen-bond acceptors (Lipinski definition) is 8. The van der Waals surface area contributed by atoms with Gasteiger partial charge in [0.25, 0.3) is 11.8 Å². The Bertz CT molecular complexity index is 1440. The molecule has 4 rings (SSSR count). The Morgan fingerprint density at radius 2 is 1.74 bits per heavy atom. The first-order chi connectivity index (χ1) is 18.1. The van der Waals surface area contributed by atoms with Crippen LogP contribution in [0.2, 0.25) is 0 Å². The van der Waals surface area contributed by atoms with Gasteiger partial charge in [0.15, 0.2) is 0 Å². The van der Waals surface area contributed by atoms with E-state index in [1.54, 1.807) is 35.8 Å². The van der Waals surface area contributed by atoms with Gasteiger partial charge in [-0.15, -0.1) is 11.3 Å². The van der Waals surface area contributed by atoms with Crippen molar-refractivity contribution in [2.45, 2.75) is 32.5 Å². The van der Waals surface area contributed by atoms with Crippen LogP contribution in [0, 0.1) is 0 Å². The van der Waals surface area contributed by atoms with E-state index in [2.05, 4.69) is 31.2 Å². The zero-order chi connectivity index (χ0) is 27.3. The predicted molar refractivity (Wildman–Crippen MR) is 148 cm³/mol. The number of aliphatic hydroxyl groups is 1. The van der Waals surface area contributed by atoms with E-state index in [0.717, 1.165) is 15.9 Å². The van der Waals surface area contributed by atoms with Crippen molar-refractivity contribution in [3.8, 4) is 0 Å². The fraction of sp³-hybridized carbons (Fsp3) is 0.259. The highest BCUT2D eigenvalue weighted by Crippen LogP contribution is 2.28. The standard InChI is InChI=1S/C27H29FN6O3S/c1-4-29-25(35)16-5-7-17(8-6-16)33-21-12-24(34-18-9-10-20-22(11-18)38-15-32-20)30-13-19(21)26(36)31-14-23(28)27(2,3)37/h5-13,15,23,37H,4,14H2,1-3H3,(H,29,35)(H,31,36)(H2,30,33,34). The third-order valence-electron chi connectivity index (χ3n) is 5.72. The molecule has 5 N–H and O–H groups in total. The summed E-state index contributed by atoms with van der Waals surface area (Å²) in [5.41, 5.74) is 3.63. The van der Waals surface area contributed by atoms with E-state index in [1.807, 2.05) is 25.1 Å². The molecular formula is C27H29FN6O3S. The van der Waals surface area contributed by atoms with Crippen molar-refractivity contribution >= 4 is 56.2 Å². The number of carbonyl (C=O) groups excluding carboxylic acids is 2. The average molecular weight is 537 g/mol. The summed E-state index contributed by atoms with van der Waals surface area (Å²) in [6.07, 6.45) is -0.258. The Hall–Kier alpha value is -4.09. The van der Waals surface area contributed by atoms with Gasteiger partial charge in [-0.25, -0.2) is 14.4 Å². The molecular weight excluding hydrogens is 507 g/mol. The third-order valence-corrected chi connectivity index (χ3v) is 6.52. The zero-order valence-electron chi connectivity index (χ0n) is 21.2. The number of nitrogens with one attached hydrogen (secondary N) is 4. The number of carbonyl (C=O) groups is 2. The molecule has 1 atom stereocenters. The molecule has 0 fully saturated rings. The minimum atomic E-state index is -1.65. The second-order valence-corrected chi connectivity index (χ2v) is 10.1. The fourth-order valence-electron chi connectivity index (χ4n) is 3.54. The lowest BCUT2D eigenvalue weighted by molar-refractivity contribution is -0.00177. The number of amides is 2. The summed E-state index contributed by atoms with van der Waals surface area (Å²) in [4.78, 5) is 33.7. The van der Waals surface area contributed by atoms with Crippen molar-refractivity contribution in [3.63, 3.8) is 0 Å². The molecule has 0 aliphatic rings. The van der Waals surface area contributed by atoms with Gasteiger partial charge in [0.2, 0.25) is 0 Å². The third kappa shape index (κ3) is 6.61. The second-order valence-electron chi connectivity index (χ2n) is 9.17. The quantitative estimate of drug-likeness (QED) is 0.198. The van der Waals surface area contributed by atoms with Gasteiger partial charge < -0.3 is 26.4 Å². The number of pyridine rings is 1. The molecule has 2 aromatic carbocycles. The molecule has 9 nitrogen and oxygen atoms in total. The molecule has 11 heteroatoms. The van der Waals surface area contributed by atoms with Crippen LogP contribution in [0.4, 0.5) is 27.3 Å². The molecule has 4 aromatic rings. The molecule has 0 aliphatic heterocycles. The first-order valence-corrected chi connectivity index (χ1v) is 12.9. The summed E-state index contributed by atoms with van der Waals surface area (Å²) in [5.74, 6) is -0.254. The smallest absolute Gasteiger partial charge is 0.255 e. The van der Waals surface area contributed by atoms with Crippen LogP contribution >= 0.6 is 11.3 Å². The highest BCUT2D eigenvalue weighted by Gasteiger charge is 2.27. The Morgan fingerprint density at radius 3 is 2.45 bits per heavy atom. The monoisotopic (exact) mass is 536 g/mol.